The lowest BCUT2D eigenvalue weighted by Gasteiger charge is -2.23. The van der Waals surface area contributed by atoms with Gasteiger partial charge in [-0.2, -0.15) is 9.78 Å². The maximum absolute atomic E-state index is 12.4. The minimum atomic E-state index is 0.00919. The lowest BCUT2D eigenvalue weighted by molar-refractivity contribution is -0.116. The molecule has 1 aliphatic heterocycles. The van der Waals surface area contributed by atoms with E-state index in [4.69, 9.17) is 0 Å². The standard InChI is InChI=1S/C21H18N4OS/c1-2-13-7-9-14(10-8-13)15-11-19(26)24-20-16(15)12-22-25(20)21-23-17-5-3-4-6-18(17)27-21/h3-10,12,15H,2,11H2,1H3,(H,24,26)/t15-/m0/s1. The molecule has 0 saturated carbocycles. The van der Waals surface area contributed by atoms with Crippen LogP contribution in [0.15, 0.2) is 54.7 Å². The van der Waals surface area contributed by atoms with E-state index >= 15 is 0 Å². The number of hydrogen-bond donors (Lipinski definition) is 1. The highest BCUT2D eigenvalue weighted by molar-refractivity contribution is 7.20. The van der Waals surface area contributed by atoms with E-state index in [1.165, 1.54) is 5.56 Å². The molecule has 0 saturated heterocycles. The van der Waals surface area contributed by atoms with Crippen molar-refractivity contribution in [1.29, 1.82) is 0 Å². The summed E-state index contributed by atoms with van der Waals surface area (Å²) in [5.74, 6) is 0.757. The number of nitrogens with zero attached hydrogens (tertiary/aromatic N) is 3. The van der Waals surface area contributed by atoms with Crippen LogP contribution in [0.1, 0.15) is 36.0 Å². The lowest BCUT2D eigenvalue weighted by atomic mass is 9.87. The molecule has 5 rings (SSSR count). The van der Waals surface area contributed by atoms with Gasteiger partial charge in [0.2, 0.25) is 11.0 Å². The van der Waals surface area contributed by atoms with Gasteiger partial charge in [-0.25, -0.2) is 4.98 Å². The summed E-state index contributed by atoms with van der Waals surface area (Å²) in [5.41, 5.74) is 4.42. The number of hydrogen-bond acceptors (Lipinski definition) is 4. The van der Waals surface area contributed by atoms with Gasteiger partial charge in [0.1, 0.15) is 5.82 Å². The summed E-state index contributed by atoms with van der Waals surface area (Å²) >= 11 is 1.57. The van der Waals surface area contributed by atoms with E-state index in [-0.39, 0.29) is 11.8 Å². The molecule has 1 amide bonds. The second-order valence-corrected chi connectivity index (χ2v) is 7.73. The first-order chi connectivity index (χ1) is 13.2. The van der Waals surface area contributed by atoms with Crippen molar-refractivity contribution < 1.29 is 4.79 Å². The first kappa shape index (κ1) is 16.2. The number of nitrogens with one attached hydrogen (secondary N) is 1. The van der Waals surface area contributed by atoms with E-state index in [1.54, 1.807) is 16.0 Å². The minimum Gasteiger partial charge on any atom is -0.310 e. The molecule has 3 heterocycles. The van der Waals surface area contributed by atoms with Crippen molar-refractivity contribution in [2.24, 2.45) is 0 Å². The van der Waals surface area contributed by atoms with Crippen molar-refractivity contribution in [3.05, 3.63) is 71.4 Å². The average Bonchev–Trinajstić information content (AvgIpc) is 3.31. The highest BCUT2D eigenvalue weighted by atomic mass is 32.1. The van der Waals surface area contributed by atoms with E-state index in [0.29, 0.717) is 6.42 Å². The van der Waals surface area contributed by atoms with Gasteiger partial charge in [-0.15, -0.1) is 0 Å². The number of aryl methyl sites for hydroxylation is 1. The van der Waals surface area contributed by atoms with Crippen molar-refractivity contribution in [3.63, 3.8) is 0 Å². The van der Waals surface area contributed by atoms with Crippen LogP contribution in [0.3, 0.4) is 0 Å². The Morgan fingerprint density at radius 1 is 1.19 bits per heavy atom. The van der Waals surface area contributed by atoms with Crippen LogP contribution in [-0.4, -0.2) is 20.7 Å². The molecule has 4 aromatic rings. The Bertz CT molecular complexity index is 1110. The third kappa shape index (κ3) is 2.73. The number of fused-ring (bicyclic) bond motifs is 2. The summed E-state index contributed by atoms with van der Waals surface area (Å²) in [6, 6.07) is 16.5. The zero-order valence-electron chi connectivity index (χ0n) is 14.8. The number of benzene rings is 2. The van der Waals surface area contributed by atoms with E-state index in [2.05, 4.69) is 46.6 Å². The van der Waals surface area contributed by atoms with Crippen molar-refractivity contribution in [2.75, 3.05) is 5.32 Å². The van der Waals surface area contributed by atoms with E-state index < -0.39 is 0 Å². The van der Waals surface area contributed by atoms with Gasteiger partial charge in [0.25, 0.3) is 0 Å². The normalized spacial score (nSPS) is 16.3. The Labute approximate surface area is 160 Å². The molecule has 27 heavy (non-hydrogen) atoms. The molecule has 1 aliphatic rings. The predicted molar refractivity (Wildman–Crippen MR) is 108 cm³/mol. The summed E-state index contributed by atoms with van der Waals surface area (Å²) in [5, 5.41) is 8.32. The molecule has 0 radical (unpaired) electrons. The van der Waals surface area contributed by atoms with Crippen molar-refractivity contribution >= 4 is 33.3 Å². The molecular formula is C21H18N4OS. The zero-order chi connectivity index (χ0) is 18.4. The summed E-state index contributed by atoms with van der Waals surface area (Å²) in [6.07, 6.45) is 3.30. The number of anilines is 1. The highest BCUT2D eigenvalue weighted by Gasteiger charge is 2.31. The molecule has 0 bridgehead atoms. The van der Waals surface area contributed by atoms with Gasteiger partial charge >= 0.3 is 0 Å². The van der Waals surface area contributed by atoms with Crippen LogP contribution in [0.25, 0.3) is 15.3 Å². The maximum Gasteiger partial charge on any atom is 0.226 e. The maximum atomic E-state index is 12.4. The Morgan fingerprint density at radius 2 is 2.00 bits per heavy atom. The van der Waals surface area contributed by atoms with Crippen LogP contribution in [0.2, 0.25) is 0 Å². The number of carbonyl (C=O) groups excluding carboxylic acids is 1. The molecule has 0 aliphatic carbocycles. The molecule has 0 unspecified atom stereocenters. The number of rotatable bonds is 3. The largest absolute Gasteiger partial charge is 0.310 e. The van der Waals surface area contributed by atoms with Gasteiger partial charge in [-0.3, -0.25) is 4.79 Å². The fraction of sp³-hybridized carbons (Fsp3) is 0.190. The Balaban J connectivity index is 1.59. The third-order valence-electron chi connectivity index (χ3n) is 5.07. The van der Waals surface area contributed by atoms with Crippen LogP contribution < -0.4 is 5.32 Å². The van der Waals surface area contributed by atoms with Crippen LogP contribution in [0.4, 0.5) is 5.82 Å². The number of carbonyl (C=O) groups is 1. The van der Waals surface area contributed by atoms with Gasteiger partial charge in [0.15, 0.2) is 0 Å². The number of amides is 1. The summed E-state index contributed by atoms with van der Waals surface area (Å²) in [4.78, 5) is 17.1. The van der Waals surface area contributed by atoms with Crippen molar-refractivity contribution in [3.8, 4) is 5.13 Å². The van der Waals surface area contributed by atoms with E-state index in [1.807, 2.05) is 30.5 Å². The molecule has 1 atom stereocenters. The first-order valence-corrected chi connectivity index (χ1v) is 9.87. The monoisotopic (exact) mass is 374 g/mol. The molecule has 2 aromatic carbocycles. The second-order valence-electron chi connectivity index (χ2n) is 6.72. The van der Waals surface area contributed by atoms with Gasteiger partial charge in [0, 0.05) is 17.9 Å². The highest BCUT2D eigenvalue weighted by Crippen LogP contribution is 2.39. The Hall–Kier alpha value is -2.99. The van der Waals surface area contributed by atoms with Crippen molar-refractivity contribution in [1.82, 2.24) is 14.8 Å². The minimum absolute atomic E-state index is 0.00919. The Morgan fingerprint density at radius 3 is 2.78 bits per heavy atom. The smallest absolute Gasteiger partial charge is 0.226 e. The molecule has 1 N–H and O–H groups in total. The summed E-state index contributed by atoms with van der Waals surface area (Å²) in [6.45, 7) is 2.14. The lowest BCUT2D eigenvalue weighted by Crippen LogP contribution is -2.24. The SMILES string of the molecule is CCc1ccc([C@@H]2CC(=O)Nc3c2cnn3-c2nc3ccccc3s2)cc1. The molecule has 2 aromatic heterocycles. The average molecular weight is 374 g/mol. The second kappa shape index (κ2) is 6.32. The van der Waals surface area contributed by atoms with Crippen LogP contribution in [-0.2, 0) is 11.2 Å². The van der Waals surface area contributed by atoms with Gasteiger partial charge in [-0.05, 0) is 29.7 Å². The Kier molecular flexibility index (Phi) is 3.79. The van der Waals surface area contributed by atoms with Crippen LogP contribution in [0, 0.1) is 0 Å². The predicted octanol–water partition coefficient (Wildman–Crippen LogP) is 4.52. The van der Waals surface area contributed by atoms with Crippen LogP contribution in [0.5, 0.6) is 0 Å². The molecular weight excluding hydrogens is 356 g/mol. The summed E-state index contributed by atoms with van der Waals surface area (Å²) in [7, 11) is 0. The van der Waals surface area contributed by atoms with E-state index in [0.717, 1.165) is 38.7 Å². The molecule has 0 fully saturated rings. The molecule has 5 nitrogen and oxygen atoms in total. The zero-order valence-corrected chi connectivity index (χ0v) is 15.7. The topological polar surface area (TPSA) is 59.8 Å². The van der Waals surface area contributed by atoms with Gasteiger partial charge < -0.3 is 5.32 Å². The third-order valence-corrected chi connectivity index (χ3v) is 6.09. The van der Waals surface area contributed by atoms with Gasteiger partial charge in [-0.1, -0.05) is 54.7 Å². The van der Waals surface area contributed by atoms with Crippen LogP contribution >= 0.6 is 11.3 Å². The first-order valence-electron chi connectivity index (χ1n) is 9.05. The summed E-state index contributed by atoms with van der Waals surface area (Å²) < 4.78 is 2.86. The number of aromatic nitrogens is 3. The molecule has 134 valence electrons. The quantitative estimate of drug-likeness (QED) is 0.574. The number of thiazole rings is 1. The molecule has 6 heteroatoms. The van der Waals surface area contributed by atoms with Crippen molar-refractivity contribution in [2.45, 2.75) is 25.7 Å². The number of para-hydroxylation sites is 1. The van der Waals surface area contributed by atoms with E-state index in [9.17, 15) is 4.79 Å². The fourth-order valence-corrected chi connectivity index (χ4v) is 4.53. The van der Waals surface area contributed by atoms with Gasteiger partial charge in [0.05, 0.1) is 16.4 Å². The fourth-order valence-electron chi connectivity index (χ4n) is 3.60. The molecule has 0 spiro atoms.